The van der Waals surface area contributed by atoms with Crippen LogP contribution in [0.3, 0.4) is 0 Å². The van der Waals surface area contributed by atoms with E-state index in [4.69, 9.17) is 4.74 Å². The molecule has 132 valence electrons. The number of rotatable bonds is 6. The van der Waals surface area contributed by atoms with Gasteiger partial charge in [-0.05, 0) is 54.1 Å². The van der Waals surface area contributed by atoms with Crippen molar-refractivity contribution in [2.75, 3.05) is 17.7 Å². The fraction of sp³-hybridized carbons (Fsp3) is 0.0952. The Bertz CT molecular complexity index is 877. The zero-order chi connectivity index (χ0) is 18.4. The Labute approximate surface area is 151 Å². The van der Waals surface area contributed by atoms with Crippen molar-refractivity contribution in [2.24, 2.45) is 0 Å². The fourth-order valence-electron chi connectivity index (χ4n) is 2.46. The van der Waals surface area contributed by atoms with E-state index in [1.54, 1.807) is 31.4 Å². The molecule has 0 saturated carbocycles. The molecule has 0 bridgehead atoms. The van der Waals surface area contributed by atoms with E-state index in [0.29, 0.717) is 12.2 Å². The monoisotopic (exact) mass is 350 g/mol. The molecule has 3 rings (SSSR count). The van der Waals surface area contributed by atoms with Gasteiger partial charge in [-0.3, -0.25) is 4.79 Å². The lowest BCUT2D eigenvalue weighted by Gasteiger charge is -2.09. The summed E-state index contributed by atoms with van der Waals surface area (Å²) in [6.45, 7) is 0.672. The van der Waals surface area contributed by atoms with Gasteiger partial charge in [0.1, 0.15) is 11.6 Å². The van der Waals surface area contributed by atoms with E-state index in [9.17, 15) is 9.18 Å². The number of amides is 1. The third-order valence-corrected chi connectivity index (χ3v) is 3.92. The molecule has 5 heteroatoms. The average molecular weight is 350 g/mol. The summed E-state index contributed by atoms with van der Waals surface area (Å²) < 4.78 is 18.8. The smallest absolute Gasteiger partial charge is 0.258 e. The fourth-order valence-corrected chi connectivity index (χ4v) is 2.46. The Morgan fingerprint density at radius 2 is 1.58 bits per heavy atom. The van der Waals surface area contributed by atoms with Crippen LogP contribution in [0, 0.1) is 5.82 Å². The summed E-state index contributed by atoms with van der Waals surface area (Å²) in [6.07, 6.45) is 0. The highest BCUT2D eigenvalue weighted by atomic mass is 19.1. The quantitative estimate of drug-likeness (QED) is 0.677. The molecule has 3 aromatic carbocycles. The Hall–Kier alpha value is -3.34. The van der Waals surface area contributed by atoms with E-state index >= 15 is 0 Å². The first-order valence-corrected chi connectivity index (χ1v) is 8.18. The van der Waals surface area contributed by atoms with Crippen LogP contribution in [0.1, 0.15) is 15.9 Å². The van der Waals surface area contributed by atoms with Gasteiger partial charge in [0.05, 0.1) is 12.7 Å². The molecule has 0 aromatic heterocycles. The predicted octanol–water partition coefficient (Wildman–Crippen LogP) is 4.70. The number of carbonyl (C=O) groups excluding carboxylic acids is 1. The average Bonchev–Trinajstić information content (AvgIpc) is 2.68. The molecule has 4 nitrogen and oxygen atoms in total. The van der Waals surface area contributed by atoms with Crippen LogP contribution in [-0.2, 0) is 6.54 Å². The Morgan fingerprint density at radius 3 is 2.23 bits per heavy atom. The number of ether oxygens (including phenoxy) is 1. The van der Waals surface area contributed by atoms with Crippen LogP contribution in [0.15, 0.2) is 72.8 Å². The van der Waals surface area contributed by atoms with Crippen LogP contribution < -0.4 is 15.4 Å². The first kappa shape index (κ1) is 17.5. The normalized spacial score (nSPS) is 10.2. The summed E-state index contributed by atoms with van der Waals surface area (Å²) in [5, 5.41) is 6.00. The third kappa shape index (κ3) is 4.39. The van der Waals surface area contributed by atoms with Crippen LogP contribution in [0.5, 0.6) is 5.75 Å². The lowest BCUT2D eigenvalue weighted by atomic mass is 10.2. The summed E-state index contributed by atoms with van der Waals surface area (Å²) in [7, 11) is 1.64. The van der Waals surface area contributed by atoms with E-state index in [-0.39, 0.29) is 5.56 Å². The maximum Gasteiger partial charge on any atom is 0.258 e. The summed E-state index contributed by atoms with van der Waals surface area (Å²) in [6, 6.07) is 21.0. The number of anilines is 2. The van der Waals surface area contributed by atoms with E-state index in [0.717, 1.165) is 17.0 Å². The van der Waals surface area contributed by atoms with Crippen molar-refractivity contribution in [3.05, 3.63) is 89.7 Å². The zero-order valence-corrected chi connectivity index (χ0v) is 14.3. The van der Waals surface area contributed by atoms with Crippen molar-refractivity contribution in [1.29, 1.82) is 0 Å². The summed E-state index contributed by atoms with van der Waals surface area (Å²) in [5.74, 6) is -0.187. The molecule has 0 aliphatic rings. The summed E-state index contributed by atoms with van der Waals surface area (Å²) >= 11 is 0. The maximum atomic E-state index is 13.6. The lowest BCUT2D eigenvalue weighted by Crippen LogP contribution is -2.13. The molecule has 0 atom stereocenters. The molecule has 0 fully saturated rings. The molecular formula is C21H19FN2O2. The topological polar surface area (TPSA) is 50.4 Å². The van der Waals surface area contributed by atoms with E-state index in [1.165, 1.54) is 12.1 Å². The van der Waals surface area contributed by atoms with Crippen molar-refractivity contribution < 1.29 is 13.9 Å². The minimum absolute atomic E-state index is 0.0224. The largest absolute Gasteiger partial charge is 0.497 e. The molecule has 3 aromatic rings. The minimum atomic E-state index is -0.539. The molecule has 0 heterocycles. The van der Waals surface area contributed by atoms with Gasteiger partial charge in [-0.1, -0.05) is 24.3 Å². The van der Waals surface area contributed by atoms with Gasteiger partial charge >= 0.3 is 0 Å². The maximum absolute atomic E-state index is 13.6. The van der Waals surface area contributed by atoms with Crippen molar-refractivity contribution in [3.8, 4) is 5.75 Å². The van der Waals surface area contributed by atoms with Gasteiger partial charge < -0.3 is 15.4 Å². The molecule has 26 heavy (non-hydrogen) atoms. The van der Waals surface area contributed by atoms with Crippen LogP contribution in [0.4, 0.5) is 15.8 Å². The van der Waals surface area contributed by atoms with Crippen molar-refractivity contribution in [1.82, 2.24) is 0 Å². The standard InChI is InChI=1S/C21H19FN2O2/c1-26-18-12-6-15(7-13-18)14-23-16-8-10-17(11-9-16)24-21(25)19-4-2-3-5-20(19)22/h2-13,23H,14H2,1H3,(H,24,25). The number of hydrogen-bond donors (Lipinski definition) is 2. The number of hydrogen-bond acceptors (Lipinski definition) is 3. The van der Waals surface area contributed by atoms with Crippen molar-refractivity contribution in [3.63, 3.8) is 0 Å². The predicted molar refractivity (Wildman–Crippen MR) is 101 cm³/mol. The van der Waals surface area contributed by atoms with Gasteiger partial charge in [-0.15, -0.1) is 0 Å². The zero-order valence-electron chi connectivity index (χ0n) is 14.3. The third-order valence-electron chi connectivity index (χ3n) is 3.92. The molecule has 0 radical (unpaired) electrons. The van der Waals surface area contributed by atoms with Gasteiger partial charge in [0.2, 0.25) is 0 Å². The number of benzene rings is 3. The van der Waals surface area contributed by atoms with Crippen LogP contribution in [-0.4, -0.2) is 13.0 Å². The molecule has 0 aliphatic heterocycles. The van der Waals surface area contributed by atoms with Crippen LogP contribution in [0.25, 0.3) is 0 Å². The Morgan fingerprint density at radius 1 is 0.923 bits per heavy atom. The Balaban J connectivity index is 1.57. The lowest BCUT2D eigenvalue weighted by molar-refractivity contribution is 0.102. The second kappa shape index (κ2) is 8.16. The van der Waals surface area contributed by atoms with Gasteiger partial charge in [0.25, 0.3) is 5.91 Å². The molecule has 0 saturated heterocycles. The van der Waals surface area contributed by atoms with E-state index < -0.39 is 11.7 Å². The van der Waals surface area contributed by atoms with Crippen LogP contribution in [0.2, 0.25) is 0 Å². The second-order valence-electron chi connectivity index (χ2n) is 5.71. The minimum Gasteiger partial charge on any atom is -0.497 e. The summed E-state index contributed by atoms with van der Waals surface area (Å²) in [5.41, 5.74) is 2.68. The SMILES string of the molecule is COc1ccc(CNc2ccc(NC(=O)c3ccccc3F)cc2)cc1. The molecule has 0 unspecified atom stereocenters. The van der Waals surface area contributed by atoms with E-state index in [1.807, 2.05) is 36.4 Å². The highest BCUT2D eigenvalue weighted by Gasteiger charge is 2.10. The van der Waals surface area contributed by atoms with E-state index in [2.05, 4.69) is 10.6 Å². The number of carbonyl (C=O) groups is 1. The van der Waals surface area contributed by atoms with Crippen LogP contribution >= 0.6 is 0 Å². The molecule has 0 aliphatic carbocycles. The number of nitrogens with one attached hydrogen (secondary N) is 2. The second-order valence-corrected chi connectivity index (χ2v) is 5.71. The highest BCUT2D eigenvalue weighted by Crippen LogP contribution is 2.17. The number of methoxy groups -OCH3 is 1. The van der Waals surface area contributed by atoms with Gasteiger partial charge in [0.15, 0.2) is 0 Å². The van der Waals surface area contributed by atoms with Gasteiger partial charge in [-0.25, -0.2) is 4.39 Å². The highest BCUT2D eigenvalue weighted by molar-refractivity contribution is 6.04. The first-order valence-electron chi connectivity index (χ1n) is 8.18. The van der Waals surface area contributed by atoms with Crippen molar-refractivity contribution >= 4 is 17.3 Å². The van der Waals surface area contributed by atoms with Gasteiger partial charge in [0, 0.05) is 17.9 Å². The molecule has 0 spiro atoms. The Kier molecular flexibility index (Phi) is 5.49. The first-order chi connectivity index (χ1) is 12.7. The molecular weight excluding hydrogens is 331 g/mol. The number of halogens is 1. The molecule has 2 N–H and O–H groups in total. The van der Waals surface area contributed by atoms with Gasteiger partial charge in [-0.2, -0.15) is 0 Å². The molecule has 1 amide bonds. The van der Waals surface area contributed by atoms with Crippen molar-refractivity contribution in [2.45, 2.75) is 6.54 Å². The summed E-state index contributed by atoms with van der Waals surface area (Å²) in [4.78, 5) is 12.1.